The lowest BCUT2D eigenvalue weighted by Crippen LogP contribution is -2.56. The largest absolute Gasteiger partial charge is 0.479 e. The van der Waals surface area contributed by atoms with Crippen molar-refractivity contribution in [2.45, 2.75) is 25.5 Å². The molecule has 1 aliphatic heterocycles. The van der Waals surface area contributed by atoms with Gasteiger partial charge in [0, 0.05) is 25.7 Å². The van der Waals surface area contributed by atoms with Crippen LogP contribution in [0.15, 0.2) is 0 Å². The number of aliphatic hydroxyl groups is 1. The van der Waals surface area contributed by atoms with E-state index in [-0.39, 0.29) is 18.6 Å². The predicted molar refractivity (Wildman–Crippen MR) is 65.3 cm³/mol. The van der Waals surface area contributed by atoms with Gasteiger partial charge in [-0.2, -0.15) is 0 Å². The number of likely N-dealkylation sites (N-methyl/N-ethyl adjacent to an activating group) is 1. The highest BCUT2D eigenvalue weighted by Gasteiger charge is 2.31. The van der Waals surface area contributed by atoms with Gasteiger partial charge in [0.2, 0.25) is 0 Å². The summed E-state index contributed by atoms with van der Waals surface area (Å²) < 4.78 is 0. The van der Waals surface area contributed by atoms with Crippen molar-refractivity contribution in [3.8, 4) is 0 Å². The second kappa shape index (κ2) is 5.53. The second-order valence-corrected chi connectivity index (χ2v) is 5.01. The lowest BCUT2D eigenvalue weighted by molar-refractivity contribution is -0.155. The molecule has 18 heavy (non-hydrogen) atoms. The maximum atomic E-state index is 11.8. The first kappa shape index (κ1) is 14.7. The Morgan fingerprint density at radius 3 is 2.56 bits per heavy atom. The summed E-state index contributed by atoms with van der Waals surface area (Å²) in [5.74, 6) is -1.35. The van der Waals surface area contributed by atoms with Crippen LogP contribution < -0.4 is 5.32 Å². The molecular formula is C11H21N3O4. The van der Waals surface area contributed by atoms with E-state index in [1.54, 1.807) is 4.90 Å². The first-order valence-corrected chi connectivity index (χ1v) is 5.93. The van der Waals surface area contributed by atoms with Gasteiger partial charge in [-0.3, -0.25) is 0 Å². The van der Waals surface area contributed by atoms with E-state index in [1.807, 2.05) is 14.0 Å². The molecule has 1 heterocycles. The molecule has 104 valence electrons. The van der Waals surface area contributed by atoms with Gasteiger partial charge in [-0.15, -0.1) is 0 Å². The van der Waals surface area contributed by atoms with Gasteiger partial charge < -0.3 is 25.3 Å². The molecule has 0 aromatic rings. The number of amides is 2. The topological polar surface area (TPSA) is 93.1 Å². The Bertz CT molecular complexity index is 332. The number of carboxylic acid groups (broad SMARTS) is 1. The van der Waals surface area contributed by atoms with Crippen LogP contribution in [0.25, 0.3) is 0 Å². The van der Waals surface area contributed by atoms with Crippen molar-refractivity contribution >= 4 is 12.0 Å². The average molecular weight is 259 g/mol. The number of carbonyl (C=O) groups is 2. The van der Waals surface area contributed by atoms with E-state index in [0.29, 0.717) is 13.1 Å². The lowest BCUT2D eigenvalue weighted by atomic mass is 10.1. The fourth-order valence-corrected chi connectivity index (χ4v) is 1.67. The molecule has 7 heteroatoms. The highest BCUT2D eigenvalue weighted by atomic mass is 16.4. The standard InChI is InChI=1S/C11H21N3O4/c1-8-6-14(5-4-13(8)3)10(17)12-7-11(2,18)9(15)16/h8,18H,4-7H2,1-3H3,(H,12,17)(H,15,16). The third-order valence-corrected chi connectivity index (χ3v) is 3.29. The zero-order valence-electron chi connectivity index (χ0n) is 11.0. The van der Waals surface area contributed by atoms with Gasteiger partial charge >= 0.3 is 12.0 Å². The summed E-state index contributed by atoms with van der Waals surface area (Å²) >= 11 is 0. The van der Waals surface area contributed by atoms with E-state index < -0.39 is 11.6 Å². The number of nitrogens with zero attached hydrogens (tertiary/aromatic N) is 2. The number of carboxylic acids is 1. The minimum atomic E-state index is -1.94. The maximum absolute atomic E-state index is 11.8. The Labute approximate surface area is 106 Å². The van der Waals surface area contributed by atoms with Gasteiger partial charge in [0.05, 0.1) is 6.54 Å². The number of nitrogens with one attached hydrogen (secondary N) is 1. The van der Waals surface area contributed by atoms with Gasteiger partial charge in [-0.05, 0) is 20.9 Å². The minimum Gasteiger partial charge on any atom is -0.479 e. The summed E-state index contributed by atoms with van der Waals surface area (Å²) in [5.41, 5.74) is -1.94. The average Bonchev–Trinajstić information content (AvgIpc) is 2.29. The third kappa shape index (κ3) is 3.58. The summed E-state index contributed by atoms with van der Waals surface area (Å²) in [5, 5.41) is 20.7. The zero-order valence-corrected chi connectivity index (χ0v) is 11.0. The molecule has 2 atom stereocenters. The van der Waals surface area contributed by atoms with Crippen LogP contribution >= 0.6 is 0 Å². The third-order valence-electron chi connectivity index (χ3n) is 3.29. The Morgan fingerprint density at radius 1 is 1.44 bits per heavy atom. The monoisotopic (exact) mass is 259 g/mol. The van der Waals surface area contributed by atoms with Crippen molar-refractivity contribution in [1.82, 2.24) is 15.1 Å². The van der Waals surface area contributed by atoms with Crippen LogP contribution in [0.4, 0.5) is 4.79 Å². The molecule has 2 amide bonds. The van der Waals surface area contributed by atoms with Gasteiger partial charge in [0.25, 0.3) is 0 Å². The second-order valence-electron chi connectivity index (χ2n) is 5.01. The molecule has 1 aliphatic rings. The Hall–Kier alpha value is -1.34. The van der Waals surface area contributed by atoms with Crippen molar-refractivity contribution in [2.75, 3.05) is 33.2 Å². The van der Waals surface area contributed by atoms with Crippen molar-refractivity contribution in [2.24, 2.45) is 0 Å². The van der Waals surface area contributed by atoms with E-state index >= 15 is 0 Å². The van der Waals surface area contributed by atoms with Gasteiger partial charge in [-0.25, -0.2) is 9.59 Å². The molecule has 0 aliphatic carbocycles. The molecular weight excluding hydrogens is 238 g/mol. The van der Waals surface area contributed by atoms with Crippen LogP contribution in [-0.2, 0) is 4.79 Å². The molecule has 1 saturated heterocycles. The molecule has 0 bridgehead atoms. The van der Waals surface area contributed by atoms with Crippen LogP contribution in [-0.4, -0.2) is 76.9 Å². The maximum Gasteiger partial charge on any atom is 0.337 e. The highest BCUT2D eigenvalue weighted by Crippen LogP contribution is 2.07. The summed E-state index contributed by atoms with van der Waals surface area (Å²) in [6, 6.07) is -0.0686. The molecule has 0 aromatic carbocycles. The number of hydrogen-bond acceptors (Lipinski definition) is 4. The number of carbonyl (C=O) groups excluding carboxylic acids is 1. The first-order chi connectivity index (χ1) is 8.24. The van der Waals surface area contributed by atoms with E-state index in [0.717, 1.165) is 13.5 Å². The number of piperazine rings is 1. The Kier molecular flexibility index (Phi) is 4.53. The summed E-state index contributed by atoms with van der Waals surface area (Å²) in [4.78, 5) is 26.3. The SMILES string of the molecule is CC1CN(C(=O)NCC(C)(O)C(=O)O)CCN1C. The van der Waals surface area contributed by atoms with Gasteiger partial charge in [0.15, 0.2) is 5.60 Å². The van der Waals surface area contributed by atoms with Crippen LogP contribution in [0.2, 0.25) is 0 Å². The van der Waals surface area contributed by atoms with Crippen molar-refractivity contribution < 1.29 is 19.8 Å². The molecule has 0 radical (unpaired) electrons. The van der Waals surface area contributed by atoms with Crippen LogP contribution in [0.1, 0.15) is 13.8 Å². The van der Waals surface area contributed by atoms with Gasteiger partial charge in [-0.1, -0.05) is 0 Å². The number of hydrogen-bond donors (Lipinski definition) is 3. The number of aliphatic carboxylic acids is 1. The van der Waals surface area contributed by atoms with Crippen molar-refractivity contribution in [1.29, 1.82) is 0 Å². The predicted octanol–water partition coefficient (Wildman–Crippen LogP) is -0.832. The quantitative estimate of drug-likeness (QED) is 0.615. The zero-order chi connectivity index (χ0) is 13.9. The van der Waals surface area contributed by atoms with E-state index in [9.17, 15) is 14.7 Å². The smallest absolute Gasteiger partial charge is 0.337 e. The summed E-state index contributed by atoms with van der Waals surface area (Å²) in [7, 11) is 2.00. The number of urea groups is 1. The molecule has 2 unspecified atom stereocenters. The summed E-state index contributed by atoms with van der Waals surface area (Å²) in [6.45, 7) is 4.85. The Balaban J connectivity index is 2.45. The highest BCUT2D eigenvalue weighted by molar-refractivity contribution is 5.79. The molecule has 0 aromatic heterocycles. The summed E-state index contributed by atoms with van der Waals surface area (Å²) in [6.07, 6.45) is 0. The van der Waals surface area contributed by atoms with Crippen molar-refractivity contribution in [3.05, 3.63) is 0 Å². The fourth-order valence-electron chi connectivity index (χ4n) is 1.67. The first-order valence-electron chi connectivity index (χ1n) is 5.93. The number of rotatable bonds is 3. The fraction of sp³-hybridized carbons (Fsp3) is 0.818. The van der Waals surface area contributed by atoms with E-state index in [4.69, 9.17) is 5.11 Å². The molecule has 0 saturated carbocycles. The molecule has 0 spiro atoms. The molecule has 3 N–H and O–H groups in total. The lowest BCUT2D eigenvalue weighted by Gasteiger charge is -2.37. The molecule has 1 fully saturated rings. The van der Waals surface area contributed by atoms with Gasteiger partial charge in [0.1, 0.15) is 0 Å². The van der Waals surface area contributed by atoms with E-state index in [1.165, 1.54) is 0 Å². The minimum absolute atomic E-state index is 0.268. The van der Waals surface area contributed by atoms with Crippen LogP contribution in [0.5, 0.6) is 0 Å². The molecule has 7 nitrogen and oxygen atoms in total. The normalized spacial score (nSPS) is 24.4. The van der Waals surface area contributed by atoms with Crippen molar-refractivity contribution in [3.63, 3.8) is 0 Å². The Morgan fingerprint density at radius 2 is 2.06 bits per heavy atom. The van der Waals surface area contributed by atoms with Crippen LogP contribution in [0, 0.1) is 0 Å². The van der Waals surface area contributed by atoms with E-state index in [2.05, 4.69) is 10.2 Å². The molecule has 1 rings (SSSR count). The van der Waals surface area contributed by atoms with Crippen LogP contribution in [0.3, 0.4) is 0 Å².